The first-order valence-electron chi connectivity index (χ1n) is 7.06. The second kappa shape index (κ2) is 8.46. The molecule has 1 aromatic rings. The van der Waals surface area contributed by atoms with Gasteiger partial charge in [-0.3, -0.25) is 0 Å². The van der Waals surface area contributed by atoms with Gasteiger partial charge in [0.2, 0.25) is 0 Å². The maximum Gasteiger partial charge on any atom is 0.191 e. The fourth-order valence-electron chi connectivity index (χ4n) is 2.36. The zero-order valence-corrected chi connectivity index (χ0v) is 13.0. The lowest BCUT2D eigenvalue weighted by Gasteiger charge is -2.27. The van der Waals surface area contributed by atoms with Crippen molar-refractivity contribution in [3.8, 4) is 0 Å². The molecule has 0 fully saturated rings. The van der Waals surface area contributed by atoms with Crippen molar-refractivity contribution in [2.75, 3.05) is 13.7 Å². The lowest BCUT2D eigenvalue weighted by atomic mass is 10.2. The van der Waals surface area contributed by atoms with Crippen molar-refractivity contribution in [2.24, 2.45) is 0 Å². The summed E-state index contributed by atoms with van der Waals surface area (Å²) in [6.45, 7) is 6.61. The van der Waals surface area contributed by atoms with Crippen LogP contribution in [0.25, 0.3) is 0 Å². The van der Waals surface area contributed by atoms with Crippen LogP contribution in [0, 0.1) is 0 Å². The Hall–Kier alpha value is -0.643. The highest BCUT2D eigenvalue weighted by Gasteiger charge is 2.28. The summed E-state index contributed by atoms with van der Waals surface area (Å²) in [4.78, 5) is 0. The molecule has 0 unspecified atom stereocenters. The molecule has 0 atom stereocenters. The fraction of sp³-hybridized carbons (Fsp3) is 0.600. The van der Waals surface area contributed by atoms with Crippen LogP contribution in [0.3, 0.4) is 0 Å². The molecule has 102 valence electrons. The van der Waals surface area contributed by atoms with Gasteiger partial charge in [-0.2, -0.15) is 0 Å². The second-order valence-electron chi connectivity index (χ2n) is 4.86. The van der Waals surface area contributed by atoms with E-state index >= 15 is 0 Å². The molecular weight excluding hydrogens is 238 g/mol. The Kier molecular flexibility index (Phi) is 7.24. The average molecular weight is 265 g/mol. The van der Waals surface area contributed by atoms with Crippen LogP contribution in [0.4, 0.5) is 0 Å². The second-order valence-corrected chi connectivity index (χ2v) is 9.55. The van der Waals surface area contributed by atoms with Crippen molar-refractivity contribution in [3.63, 3.8) is 0 Å². The molecule has 0 saturated carbocycles. The van der Waals surface area contributed by atoms with Crippen molar-refractivity contribution >= 4 is 8.32 Å². The van der Waals surface area contributed by atoms with Crippen LogP contribution in [0.2, 0.25) is 18.1 Å². The molecule has 3 heteroatoms. The van der Waals surface area contributed by atoms with Crippen molar-refractivity contribution < 1.29 is 4.43 Å². The first kappa shape index (κ1) is 15.4. The summed E-state index contributed by atoms with van der Waals surface area (Å²) in [5, 5.41) is 3.51. The highest BCUT2D eigenvalue weighted by Crippen LogP contribution is 2.22. The van der Waals surface area contributed by atoms with Gasteiger partial charge in [0, 0.05) is 13.7 Å². The largest absolute Gasteiger partial charge is 0.420 e. The molecule has 0 heterocycles. The Labute approximate surface area is 113 Å². The van der Waals surface area contributed by atoms with Gasteiger partial charge in [-0.15, -0.1) is 0 Å². The molecule has 1 rings (SSSR count). The van der Waals surface area contributed by atoms with Crippen LogP contribution in [-0.2, 0) is 11.0 Å². The van der Waals surface area contributed by atoms with Crippen LogP contribution in [-0.4, -0.2) is 22.0 Å². The predicted molar refractivity (Wildman–Crippen MR) is 81.3 cm³/mol. The Balaban J connectivity index is 2.18. The quantitative estimate of drug-likeness (QED) is 0.542. The van der Waals surface area contributed by atoms with Crippen LogP contribution < -0.4 is 5.32 Å². The SMILES string of the molecule is CC[Si](CC)(CCCNCc1ccccc1)OC. The molecule has 1 aromatic carbocycles. The van der Waals surface area contributed by atoms with Crippen molar-refractivity contribution in [1.29, 1.82) is 0 Å². The molecule has 0 aromatic heterocycles. The van der Waals surface area contributed by atoms with Gasteiger partial charge >= 0.3 is 0 Å². The lowest BCUT2D eigenvalue weighted by Crippen LogP contribution is -2.35. The summed E-state index contributed by atoms with van der Waals surface area (Å²) in [6, 6.07) is 14.3. The number of benzene rings is 1. The van der Waals surface area contributed by atoms with Gasteiger partial charge in [0.05, 0.1) is 0 Å². The third kappa shape index (κ3) is 4.92. The van der Waals surface area contributed by atoms with E-state index in [0.717, 1.165) is 13.1 Å². The van der Waals surface area contributed by atoms with E-state index in [-0.39, 0.29) is 0 Å². The summed E-state index contributed by atoms with van der Waals surface area (Å²) >= 11 is 0. The van der Waals surface area contributed by atoms with Gasteiger partial charge in [0.15, 0.2) is 8.32 Å². The zero-order chi connectivity index (χ0) is 13.3. The molecule has 0 aliphatic carbocycles. The third-order valence-corrected chi connectivity index (χ3v) is 8.59. The highest BCUT2D eigenvalue weighted by atomic mass is 28.4. The molecule has 0 saturated heterocycles. The smallest absolute Gasteiger partial charge is 0.191 e. The summed E-state index contributed by atoms with van der Waals surface area (Å²) in [6.07, 6.45) is 1.23. The Morgan fingerprint density at radius 2 is 1.78 bits per heavy atom. The minimum Gasteiger partial charge on any atom is -0.420 e. The molecule has 0 aliphatic rings. The van der Waals surface area contributed by atoms with E-state index in [1.165, 1.54) is 30.1 Å². The summed E-state index contributed by atoms with van der Waals surface area (Å²) in [5.41, 5.74) is 1.36. The third-order valence-electron chi connectivity index (χ3n) is 3.88. The van der Waals surface area contributed by atoms with Crippen LogP contribution in [0.15, 0.2) is 30.3 Å². The molecule has 18 heavy (non-hydrogen) atoms. The van der Waals surface area contributed by atoms with E-state index < -0.39 is 8.32 Å². The van der Waals surface area contributed by atoms with E-state index in [2.05, 4.69) is 49.5 Å². The molecular formula is C15H27NOSi. The molecule has 2 nitrogen and oxygen atoms in total. The molecule has 0 bridgehead atoms. The van der Waals surface area contributed by atoms with Gasteiger partial charge in [0.25, 0.3) is 0 Å². The molecule has 0 amide bonds. The number of nitrogens with one attached hydrogen (secondary N) is 1. The Bertz CT molecular complexity index is 303. The monoisotopic (exact) mass is 265 g/mol. The molecule has 0 radical (unpaired) electrons. The standard InChI is InChI=1S/C15H27NOSi/c1-4-18(5-2,17-3)13-9-12-16-14-15-10-7-6-8-11-15/h6-8,10-11,16H,4-5,9,12-14H2,1-3H3. The number of hydrogen-bond acceptors (Lipinski definition) is 2. The molecule has 1 N–H and O–H groups in total. The Morgan fingerprint density at radius 1 is 1.11 bits per heavy atom. The van der Waals surface area contributed by atoms with Gasteiger partial charge in [-0.05, 0) is 36.7 Å². The fourth-order valence-corrected chi connectivity index (χ4v) is 5.17. The van der Waals surface area contributed by atoms with E-state index in [0.29, 0.717) is 0 Å². The van der Waals surface area contributed by atoms with Crippen LogP contribution >= 0.6 is 0 Å². The van der Waals surface area contributed by atoms with Crippen LogP contribution in [0.5, 0.6) is 0 Å². The summed E-state index contributed by atoms with van der Waals surface area (Å²) in [7, 11) is 0.513. The lowest BCUT2D eigenvalue weighted by molar-refractivity contribution is 0.389. The van der Waals surface area contributed by atoms with E-state index in [9.17, 15) is 0 Å². The molecule has 0 spiro atoms. The average Bonchev–Trinajstić information content (AvgIpc) is 2.45. The van der Waals surface area contributed by atoms with Crippen LogP contribution in [0.1, 0.15) is 25.8 Å². The zero-order valence-electron chi connectivity index (χ0n) is 12.0. The van der Waals surface area contributed by atoms with Gasteiger partial charge in [-0.1, -0.05) is 44.2 Å². The minimum atomic E-state index is -1.39. The van der Waals surface area contributed by atoms with E-state index in [1.54, 1.807) is 0 Å². The van der Waals surface area contributed by atoms with E-state index in [1.807, 2.05) is 7.11 Å². The first-order valence-corrected chi connectivity index (χ1v) is 9.59. The summed E-state index contributed by atoms with van der Waals surface area (Å²) < 4.78 is 5.81. The molecule has 0 aliphatic heterocycles. The predicted octanol–water partition coefficient (Wildman–Crippen LogP) is 3.80. The maximum absolute atomic E-state index is 5.81. The van der Waals surface area contributed by atoms with Gasteiger partial charge in [0.1, 0.15) is 0 Å². The minimum absolute atomic E-state index is 0.973. The van der Waals surface area contributed by atoms with Gasteiger partial charge < -0.3 is 9.74 Å². The highest BCUT2D eigenvalue weighted by molar-refractivity contribution is 6.73. The summed E-state index contributed by atoms with van der Waals surface area (Å²) in [5.74, 6) is 0. The topological polar surface area (TPSA) is 21.3 Å². The van der Waals surface area contributed by atoms with Crippen molar-refractivity contribution in [3.05, 3.63) is 35.9 Å². The number of rotatable bonds is 9. The van der Waals surface area contributed by atoms with Crippen molar-refractivity contribution in [2.45, 2.75) is 44.9 Å². The number of hydrogen-bond donors (Lipinski definition) is 1. The van der Waals surface area contributed by atoms with E-state index in [4.69, 9.17) is 4.43 Å². The normalized spacial score (nSPS) is 11.7. The van der Waals surface area contributed by atoms with Gasteiger partial charge in [-0.25, -0.2) is 0 Å². The maximum atomic E-state index is 5.81. The van der Waals surface area contributed by atoms with Crippen molar-refractivity contribution in [1.82, 2.24) is 5.32 Å². The Morgan fingerprint density at radius 3 is 2.33 bits per heavy atom. The first-order chi connectivity index (χ1) is 8.76.